The molecule has 1 aliphatic rings. The minimum Gasteiger partial charge on any atom is -0.394 e. The molecule has 1 saturated heterocycles. The first-order chi connectivity index (χ1) is 9.95. The molecule has 0 amide bonds. The summed E-state index contributed by atoms with van der Waals surface area (Å²) < 4.78 is 7.23. The van der Waals surface area contributed by atoms with Crippen molar-refractivity contribution >= 4 is 28.9 Å². The number of nitrogens with zero attached hydrogens (tertiary/aromatic N) is 4. The van der Waals surface area contributed by atoms with Crippen molar-refractivity contribution in [1.29, 1.82) is 0 Å². The van der Waals surface area contributed by atoms with E-state index in [-0.39, 0.29) is 17.1 Å². The molecule has 0 radical (unpaired) electrons. The highest BCUT2D eigenvalue weighted by Gasteiger charge is 2.44. The molecule has 2 aromatic heterocycles. The number of anilines is 1. The van der Waals surface area contributed by atoms with Gasteiger partial charge in [-0.3, -0.25) is 9.36 Å². The Morgan fingerprint density at radius 3 is 2.76 bits per heavy atom. The highest BCUT2D eigenvalue weighted by atomic mass is 35.5. The van der Waals surface area contributed by atoms with Crippen LogP contribution in [0.15, 0.2) is 11.1 Å². The summed E-state index contributed by atoms with van der Waals surface area (Å²) in [5.41, 5.74) is 4.85. The molecule has 0 bridgehead atoms. The number of hydrogen-bond acceptors (Lipinski definition) is 8. The van der Waals surface area contributed by atoms with Gasteiger partial charge in [-0.15, -0.1) is 0 Å². The number of aromatic nitrogens is 4. The lowest BCUT2D eigenvalue weighted by Gasteiger charge is -2.16. The summed E-state index contributed by atoms with van der Waals surface area (Å²) in [5, 5.41) is 28.8. The molecule has 10 nitrogen and oxygen atoms in total. The largest absolute Gasteiger partial charge is 0.394 e. The van der Waals surface area contributed by atoms with Crippen LogP contribution in [0.1, 0.15) is 6.23 Å². The van der Waals surface area contributed by atoms with Gasteiger partial charge in [-0.2, -0.15) is 9.07 Å². The van der Waals surface area contributed by atoms with Gasteiger partial charge in [-0.1, -0.05) is 0 Å². The van der Waals surface area contributed by atoms with E-state index in [1.54, 1.807) is 0 Å². The van der Waals surface area contributed by atoms with Crippen molar-refractivity contribution in [3.63, 3.8) is 0 Å². The van der Waals surface area contributed by atoms with Gasteiger partial charge in [-0.05, 0) is 0 Å². The van der Waals surface area contributed by atoms with E-state index in [0.29, 0.717) is 4.09 Å². The van der Waals surface area contributed by atoms with E-state index >= 15 is 0 Å². The van der Waals surface area contributed by atoms with Gasteiger partial charge in [0.15, 0.2) is 17.4 Å². The van der Waals surface area contributed by atoms with Crippen LogP contribution in [0, 0.1) is 0 Å². The van der Waals surface area contributed by atoms with Crippen LogP contribution >= 0.6 is 11.8 Å². The number of rotatable bonds is 2. The number of imidazole rings is 1. The molecular weight excluding hydrogens is 306 g/mol. The zero-order valence-electron chi connectivity index (χ0n) is 10.5. The molecule has 0 aliphatic carbocycles. The minimum absolute atomic E-state index is 0.0584. The highest BCUT2D eigenvalue weighted by molar-refractivity contribution is 6.16. The molecule has 11 heteroatoms. The topological polar surface area (TPSA) is 149 Å². The molecule has 21 heavy (non-hydrogen) atoms. The lowest BCUT2D eigenvalue weighted by atomic mass is 10.1. The molecule has 5 N–H and O–H groups in total. The first-order valence-corrected chi connectivity index (χ1v) is 6.33. The van der Waals surface area contributed by atoms with Crippen molar-refractivity contribution in [2.24, 2.45) is 0 Å². The molecule has 3 rings (SSSR count). The van der Waals surface area contributed by atoms with Gasteiger partial charge in [0.2, 0.25) is 5.95 Å². The molecule has 0 saturated carbocycles. The number of fused-ring (bicyclic) bond motifs is 1. The molecule has 3 heterocycles. The van der Waals surface area contributed by atoms with Gasteiger partial charge in [0.05, 0.1) is 12.9 Å². The van der Waals surface area contributed by atoms with Crippen molar-refractivity contribution in [3.05, 3.63) is 16.7 Å². The average molecular weight is 318 g/mol. The molecule has 1 fully saturated rings. The van der Waals surface area contributed by atoms with Gasteiger partial charge in [0, 0.05) is 11.8 Å². The van der Waals surface area contributed by atoms with E-state index < -0.39 is 36.7 Å². The van der Waals surface area contributed by atoms with Crippen LogP contribution in [-0.2, 0) is 4.74 Å². The summed E-state index contributed by atoms with van der Waals surface area (Å²) in [6.45, 7) is -0.467. The first-order valence-electron chi connectivity index (χ1n) is 5.99. The smallest absolute Gasteiger partial charge is 0.297 e. The third kappa shape index (κ3) is 2.00. The maximum Gasteiger partial charge on any atom is 0.297 e. The second-order valence-electron chi connectivity index (χ2n) is 4.61. The van der Waals surface area contributed by atoms with Crippen molar-refractivity contribution in [2.75, 3.05) is 12.3 Å². The minimum atomic E-state index is -1.32. The van der Waals surface area contributed by atoms with Crippen LogP contribution in [0.5, 0.6) is 0 Å². The van der Waals surface area contributed by atoms with E-state index in [0.717, 1.165) is 0 Å². The van der Waals surface area contributed by atoms with E-state index in [2.05, 4.69) is 9.97 Å². The van der Waals surface area contributed by atoms with Gasteiger partial charge < -0.3 is 25.8 Å². The normalized spacial score (nSPS) is 29.3. The highest BCUT2D eigenvalue weighted by Crippen LogP contribution is 2.30. The quantitative estimate of drug-likeness (QED) is 0.487. The summed E-state index contributed by atoms with van der Waals surface area (Å²) in [5.74, 6) is -0.248. The molecule has 0 aromatic carbocycles. The fraction of sp³-hybridized carbons (Fsp3) is 0.500. The van der Waals surface area contributed by atoms with Crippen LogP contribution in [0.2, 0.25) is 0 Å². The average Bonchev–Trinajstić information content (AvgIpc) is 2.99. The molecule has 4 atom stereocenters. The van der Waals surface area contributed by atoms with Crippen LogP contribution in [-0.4, -0.2) is 58.9 Å². The summed E-state index contributed by atoms with van der Waals surface area (Å²) in [6, 6.07) is 0. The van der Waals surface area contributed by atoms with Crippen LogP contribution in [0.25, 0.3) is 11.2 Å². The predicted octanol–water partition coefficient (Wildman–Crippen LogP) is -2.21. The standard InChI is InChI=1S/C10H12ClN5O5/c11-16-8(20)4-7(14-10(16)12)15(2-13-4)9-6(19)5(18)3(1-17)21-9/h2-3,5-6,9,17-19H,1H2,(H2,12,14)/t3-,5-,6-,9-/m1/s1. The number of halogens is 1. The van der Waals surface area contributed by atoms with Crippen molar-refractivity contribution in [2.45, 2.75) is 24.5 Å². The third-order valence-electron chi connectivity index (χ3n) is 3.36. The van der Waals surface area contributed by atoms with Crippen LogP contribution in [0.4, 0.5) is 5.95 Å². The molecule has 0 unspecified atom stereocenters. The van der Waals surface area contributed by atoms with Gasteiger partial charge in [0.1, 0.15) is 18.3 Å². The monoisotopic (exact) mass is 317 g/mol. The Kier molecular flexibility index (Phi) is 3.34. The Labute approximate surface area is 122 Å². The number of nitrogen functional groups attached to an aromatic ring is 1. The maximum absolute atomic E-state index is 11.9. The summed E-state index contributed by atoms with van der Waals surface area (Å²) in [6.07, 6.45) is -3.38. The second kappa shape index (κ2) is 4.93. The summed E-state index contributed by atoms with van der Waals surface area (Å²) in [4.78, 5) is 19.7. The van der Waals surface area contributed by atoms with E-state index in [1.807, 2.05) is 0 Å². The first kappa shape index (κ1) is 14.2. The van der Waals surface area contributed by atoms with E-state index in [9.17, 15) is 15.0 Å². The molecule has 2 aromatic rings. The van der Waals surface area contributed by atoms with Crippen molar-refractivity contribution < 1.29 is 20.1 Å². The molecular formula is C10H12ClN5O5. The van der Waals surface area contributed by atoms with Crippen molar-refractivity contribution in [3.8, 4) is 0 Å². The number of nitrogens with two attached hydrogens (primary N) is 1. The third-order valence-corrected chi connectivity index (χ3v) is 3.69. The Balaban J connectivity index is 2.12. The molecule has 1 aliphatic heterocycles. The lowest BCUT2D eigenvalue weighted by molar-refractivity contribution is -0.0511. The fourth-order valence-corrected chi connectivity index (χ4v) is 2.38. The number of aliphatic hydroxyl groups is 3. The van der Waals surface area contributed by atoms with Gasteiger partial charge >= 0.3 is 0 Å². The van der Waals surface area contributed by atoms with Gasteiger partial charge in [0.25, 0.3) is 5.56 Å². The van der Waals surface area contributed by atoms with E-state index in [4.69, 9.17) is 27.4 Å². The zero-order chi connectivity index (χ0) is 15.3. The molecule has 114 valence electrons. The Morgan fingerprint density at radius 2 is 2.14 bits per heavy atom. The number of hydrogen-bond donors (Lipinski definition) is 4. The Hall–Kier alpha value is -1.72. The maximum atomic E-state index is 11.9. The van der Waals surface area contributed by atoms with Crippen molar-refractivity contribution in [1.82, 2.24) is 18.6 Å². The molecule has 0 spiro atoms. The Bertz CT molecular complexity index is 745. The van der Waals surface area contributed by atoms with Crippen LogP contribution in [0.3, 0.4) is 0 Å². The predicted molar refractivity (Wildman–Crippen MR) is 70.5 cm³/mol. The number of aliphatic hydroxyl groups excluding tert-OH is 3. The second-order valence-corrected chi connectivity index (χ2v) is 4.95. The number of ether oxygens (including phenoxy) is 1. The van der Waals surface area contributed by atoms with Gasteiger partial charge in [-0.25, -0.2) is 4.98 Å². The summed E-state index contributed by atoms with van der Waals surface area (Å²) >= 11 is 5.64. The van der Waals surface area contributed by atoms with Crippen LogP contribution < -0.4 is 11.3 Å². The SMILES string of the molecule is Nc1nc2c(ncn2[C@@H]2O[C@H](CO)[C@@H](O)[C@H]2O)c(=O)n1Cl. The Morgan fingerprint density at radius 1 is 1.43 bits per heavy atom. The lowest BCUT2D eigenvalue weighted by Crippen LogP contribution is -2.33. The zero-order valence-corrected chi connectivity index (χ0v) is 11.3. The summed E-state index contributed by atoms with van der Waals surface area (Å²) in [7, 11) is 0. The fourth-order valence-electron chi connectivity index (χ4n) is 2.26. The van der Waals surface area contributed by atoms with E-state index in [1.165, 1.54) is 10.9 Å².